The van der Waals surface area contributed by atoms with Crippen LogP contribution in [0.5, 0.6) is 5.75 Å². The smallest absolute Gasteiger partial charge is 0.255 e. The summed E-state index contributed by atoms with van der Waals surface area (Å²) < 4.78 is 11.3. The summed E-state index contributed by atoms with van der Waals surface area (Å²) >= 11 is 0. The first kappa shape index (κ1) is 32.9. The van der Waals surface area contributed by atoms with Crippen molar-refractivity contribution in [3.8, 4) is 5.75 Å². The molecule has 4 amide bonds. The lowest BCUT2D eigenvalue weighted by Crippen LogP contribution is -2.49. The zero-order valence-corrected chi connectivity index (χ0v) is 25.7. The number of rotatable bonds is 7. The molecule has 4 N–H and O–H groups in total. The van der Waals surface area contributed by atoms with Gasteiger partial charge in [0.15, 0.2) is 0 Å². The van der Waals surface area contributed by atoms with Crippen molar-refractivity contribution in [2.75, 3.05) is 39.5 Å². The number of para-hydroxylation sites is 1. The molecular formula is C33H45N5O6. The summed E-state index contributed by atoms with van der Waals surface area (Å²) in [6.45, 7) is 8.90. The molecule has 2 atom stereocenters. The molecular weight excluding hydrogens is 562 g/mol. The Balaban J connectivity index is 1.47. The Hall–Kier alpha value is -3.96. The van der Waals surface area contributed by atoms with Gasteiger partial charge in [0.05, 0.1) is 25.4 Å². The minimum Gasteiger partial charge on any atom is -0.493 e. The van der Waals surface area contributed by atoms with E-state index < -0.39 is 23.9 Å². The molecule has 0 aromatic heterocycles. The zero-order valence-electron chi connectivity index (χ0n) is 25.7. The van der Waals surface area contributed by atoms with Gasteiger partial charge < -0.3 is 30.7 Å². The molecule has 11 heteroatoms. The number of ether oxygens (including phenoxy) is 2. The molecule has 2 aliphatic heterocycles. The third-order valence-electron chi connectivity index (χ3n) is 7.62. The van der Waals surface area contributed by atoms with Crippen LogP contribution < -0.4 is 26.0 Å². The second kappa shape index (κ2) is 16.8. The third kappa shape index (κ3) is 10.3. The van der Waals surface area contributed by atoms with E-state index in [1.54, 1.807) is 24.3 Å². The average molecular weight is 608 g/mol. The van der Waals surface area contributed by atoms with Gasteiger partial charge in [0, 0.05) is 39.1 Å². The van der Waals surface area contributed by atoms with Gasteiger partial charge in [0.1, 0.15) is 17.8 Å². The zero-order chi connectivity index (χ0) is 31.3. The topological polar surface area (TPSA) is 138 Å². The van der Waals surface area contributed by atoms with Crippen molar-refractivity contribution in [1.82, 2.24) is 26.2 Å². The maximum absolute atomic E-state index is 13.5. The molecule has 2 aromatic rings. The van der Waals surface area contributed by atoms with Crippen LogP contribution in [0.15, 0.2) is 48.5 Å². The van der Waals surface area contributed by atoms with Crippen LogP contribution in [0.25, 0.3) is 0 Å². The summed E-state index contributed by atoms with van der Waals surface area (Å²) in [6, 6.07) is 13.2. The molecule has 0 radical (unpaired) electrons. The van der Waals surface area contributed by atoms with E-state index in [0.29, 0.717) is 30.7 Å². The van der Waals surface area contributed by atoms with Crippen LogP contribution in [0.3, 0.4) is 0 Å². The van der Waals surface area contributed by atoms with Gasteiger partial charge in [-0.2, -0.15) is 0 Å². The highest BCUT2D eigenvalue weighted by Gasteiger charge is 2.26. The van der Waals surface area contributed by atoms with Crippen molar-refractivity contribution in [2.24, 2.45) is 5.92 Å². The molecule has 2 heterocycles. The molecule has 44 heavy (non-hydrogen) atoms. The molecule has 1 saturated heterocycles. The molecule has 4 rings (SSSR count). The van der Waals surface area contributed by atoms with Crippen molar-refractivity contribution in [2.45, 2.75) is 64.7 Å². The number of amides is 4. The number of benzene rings is 2. The van der Waals surface area contributed by atoms with E-state index in [2.05, 4.69) is 38.3 Å². The van der Waals surface area contributed by atoms with Gasteiger partial charge >= 0.3 is 0 Å². The predicted molar refractivity (Wildman–Crippen MR) is 166 cm³/mol. The maximum Gasteiger partial charge on any atom is 0.255 e. The number of nitrogens with one attached hydrogen (secondary N) is 4. The SMILES string of the molecule is CC(C)C[C@H]1NC(=O)CC[C@@H](C(=O)NCc2cccc(CN3CCOCC3)c2)NC(=O)c2ccccc2OCCCNC1=O. The highest BCUT2D eigenvalue weighted by atomic mass is 16.5. The van der Waals surface area contributed by atoms with Crippen LogP contribution in [-0.2, 0) is 32.2 Å². The van der Waals surface area contributed by atoms with Crippen molar-refractivity contribution >= 4 is 23.6 Å². The first-order chi connectivity index (χ1) is 21.3. The second-order valence-electron chi connectivity index (χ2n) is 11.7. The molecule has 11 nitrogen and oxygen atoms in total. The Morgan fingerprint density at radius 3 is 2.57 bits per heavy atom. The highest BCUT2D eigenvalue weighted by Crippen LogP contribution is 2.19. The molecule has 0 aliphatic carbocycles. The van der Waals surface area contributed by atoms with E-state index in [-0.39, 0.29) is 43.7 Å². The van der Waals surface area contributed by atoms with Gasteiger partial charge in [-0.25, -0.2) is 0 Å². The number of fused-ring (bicyclic) bond motifs is 1. The Bertz CT molecular complexity index is 1280. The molecule has 0 saturated carbocycles. The van der Waals surface area contributed by atoms with Gasteiger partial charge in [0.25, 0.3) is 5.91 Å². The number of nitrogens with zero attached hydrogens (tertiary/aromatic N) is 1. The van der Waals surface area contributed by atoms with Gasteiger partial charge in [-0.05, 0) is 48.4 Å². The minimum absolute atomic E-state index is 0.0482. The van der Waals surface area contributed by atoms with Crippen molar-refractivity contribution in [1.29, 1.82) is 0 Å². The number of carbonyl (C=O) groups is 4. The lowest BCUT2D eigenvalue weighted by molar-refractivity contribution is -0.129. The van der Waals surface area contributed by atoms with Crippen LogP contribution in [0.4, 0.5) is 0 Å². The Labute approximate surface area is 259 Å². The molecule has 0 spiro atoms. The Kier molecular flexibility index (Phi) is 12.6. The van der Waals surface area contributed by atoms with Crippen molar-refractivity contribution < 1.29 is 28.7 Å². The van der Waals surface area contributed by atoms with Crippen LogP contribution in [0.2, 0.25) is 0 Å². The lowest BCUT2D eigenvalue weighted by atomic mass is 10.0. The highest BCUT2D eigenvalue weighted by molar-refractivity contribution is 5.99. The number of hydrogen-bond acceptors (Lipinski definition) is 7. The maximum atomic E-state index is 13.5. The fraction of sp³-hybridized carbons (Fsp3) is 0.515. The van der Waals surface area contributed by atoms with Gasteiger partial charge in [-0.1, -0.05) is 50.2 Å². The summed E-state index contributed by atoms with van der Waals surface area (Å²) in [5.74, 6) is -0.910. The molecule has 1 fully saturated rings. The second-order valence-corrected chi connectivity index (χ2v) is 11.7. The average Bonchev–Trinajstić information content (AvgIpc) is 3.01. The summed E-state index contributed by atoms with van der Waals surface area (Å²) in [5, 5.41) is 11.5. The molecule has 238 valence electrons. The first-order valence-corrected chi connectivity index (χ1v) is 15.5. The van der Waals surface area contributed by atoms with Gasteiger partial charge in [-0.3, -0.25) is 24.1 Å². The van der Waals surface area contributed by atoms with E-state index in [4.69, 9.17) is 9.47 Å². The first-order valence-electron chi connectivity index (χ1n) is 15.5. The number of morpholine rings is 1. The summed E-state index contributed by atoms with van der Waals surface area (Å²) in [5.41, 5.74) is 2.37. The van der Waals surface area contributed by atoms with E-state index in [1.807, 2.05) is 26.0 Å². The normalized spacial score (nSPS) is 20.9. The summed E-state index contributed by atoms with van der Waals surface area (Å²) in [7, 11) is 0. The van der Waals surface area contributed by atoms with Gasteiger partial charge in [0.2, 0.25) is 17.7 Å². The van der Waals surface area contributed by atoms with E-state index in [1.165, 1.54) is 0 Å². The lowest BCUT2D eigenvalue weighted by Gasteiger charge is -2.26. The Morgan fingerprint density at radius 2 is 1.77 bits per heavy atom. The fourth-order valence-corrected chi connectivity index (χ4v) is 5.29. The molecule has 2 aromatic carbocycles. The number of carbonyl (C=O) groups excluding carboxylic acids is 4. The fourth-order valence-electron chi connectivity index (χ4n) is 5.29. The molecule has 0 bridgehead atoms. The van der Waals surface area contributed by atoms with Crippen LogP contribution >= 0.6 is 0 Å². The van der Waals surface area contributed by atoms with Crippen LogP contribution in [0.1, 0.15) is 61.0 Å². The van der Waals surface area contributed by atoms with E-state index in [9.17, 15) is 19.2 Å². The standard InChI is InChI=1S/C33H45N5O6/c1-23(2)19-28-33(42)34-13-6-16-44-29-10-4-3-9-26(29)31(40)37-27(11-12-30(39)36-28)32(41)35-21-24-7-5-8-25(20-24)22-38-14-17-43-18-15-38/h3-5,7-10,20,23,27-28H,6,11-19,21-22H2,1-2H3,(H,34,42)(H,35,41)(H,36,39)(H,37,40)/t27-,28+/m0/s1. The van der Waals surface area contributed by atoms with E-state index in [0.717, 1.165) is 44.0 Å². The monoisotopic (exact) mass is 607 g/mol. The van der Waals surface area contributed by atoms with E-state index >= 15 is 0 Å². The summed E-state index contributed by atoms with van der Waals surface area (Å²) in [6.07, 6.45) is 1.00. The Morgan fingerprint density at radius 1 is 1.00 bits per heavy atom. The third-order valence-corrected chi connectivity index (χ3v) is 7.62. The van der Waals surface area contributed by atoms with Gasteiger partial charge in [-0.15, -0.1) is 0 Å². The largest absolute Gasteiger partial charge is 0.493 e. The predicted octanol–water partition coefficient (Wildman–Crippen LogP) is 2.14. The van der Waals surface area contributed by atoms with Crippen molar-refractivity contribution in [3.63, 3.8) is 0 Å². The van der Waals surface area contributed by atoms with Crippen LogP contribution in [-0.4, -0.2) is 80.1 Å². The summed E-state index contributed by atoms with van der Waals surface area (Å²) in [4.78, 5) is 55.0. The van der Waals surface area contributed by atoms with Crippen molar-refractivity contribution in [3.05, 3.63) is 65.2 Å². The minimum atomic E-state index is -0.983. The molecule has 2 aliphatic rings. The molecule has 0 unspecified atom stereocenters. The number of hydrogen-bond donors (Lipinski definition) is 4. The quantitative estimate of drug-likeness (QED) is 0.379. The van der Waals surface area contributed by atoms with Crippen LogP contribution in [0, 0.1) is 5.92 Å².